The van der Waals surface area contributed by atoms with Crippen LogP contribution in [-0.4, -0.2) is 16.6 Å². The third-order valence-electron chi connectivity index (χ3n) is 1.76. The summed E-state index contributed by atoms with van der Waals surface area (Å²) in [4.78, 5) is 0. The fourth-order valence-electron chi connectivity index (χ4n) is 0.950. The third kappa shape index (κ3) is 9.71. The van der Waals surface area contributed by atoms with E-state index in [2.05, 4.69) is 32.9 Å². The Balaban J connectivity index is 3.67. The van der Waals surface area contributed by atoms with Gasteiger partial charge in [-0.2, -0.15) is 0 Å². The number of hydrogen-bond donors (Lipinski definition) is 0. The third-order valence-corrected chi connectivity index (χ3v) is 2.39. The second-order valence-corrected chi connectivity index (χ2v) is 5.09. The van der Waals surface area contributed by atoms with E-state index in [9.17, 15) is 4.55 Å². The van der Waals surface area contributed by atoms with Crippen LogP contribution >= 0.6 is 0 Å². The molecule has 0 bridgehead atoms. The Morgan fingerprint density at radius 2 is 1.85 bits per heavy atom. The Hall–Kier alpha value is -0.210. The molecule has 0 aromatic heterocycles. The van der Waals surface area contributed by atoms with Crippen LogP contribution in [0.1, 0.15) is 33.6 Å². The van der Waals surface area contributed by atoms with Crippen molar-refractivity contribution >= 4 is 11.2 Å². The minimum Gasteiger partial charge on any atom is -0.616 e. The Bertz CT molecular complexity index is 188. The Kier molecular flexibility index (Phi) is 7.10. The average molecular weight is 200 g/mol. The second-order valence-electron chi connectivity index (χ2n) is 3.61. The summed E-state index contributed by atoms with van der Waals surface area (Å²) >= 11 is -0.692. The molecule has 1 unspecified atom stereocenters. The van der Waals surface area contributed by atoms with Crippen molar-refractivity contribution in [3.05, 3.63) is 23.3 Å². The summed E-state index contributed by atoms with van der Waals surface area (Å²) in [5.41, 5.74) is 2.71. The van der Waals surface area contributed by atoms with Gasteiger partial charge in [-0.15, -0.1) is 0 Å². The van der Waals surface area contributed by atoms with Crippen LogP contribution in [0.15, 0.2) is 23.3 Å². The van der Waals surface area contributed by atoms with Crippen LogP contribution in [0, 0.1) is 0 Å². The van der Waals surface area contributed by atoms with Gasteiger partial charge in [0.25, 0.3) is 0 Å². The average Bonchev–Trinajstić information content (AvgIpc) is 2.00. The van der Waals surface area contributed by atoms with Crippen molar-refractivity contribution in [1.82, 2.24) is 0 Å². The molecule has 0 N–H and O–H groups in total. The largest absolute Gasteiger partial charge is 0.616 e. The maximum absolute atomic E-state index is 10.8. The number of hydrogen-bond acceptors (Lipinski definition) is 1. The molecule has 0 radical (unpaired) electrons. The fraction of sp³-hybridized carbons (Fsp3) is 0.636. The van der Waals surface area contributed by atoms with E-state index < -0.39 is 11.2 Å². The summed E-state index contributed by atoms with van der Waals surface area (Å²) in [6, 6.07) is 0. The molecule has 1 atom stereocenters. The van der Waals surface area contributed by atoms with Gasteiger partial charge >= 0.3 is 0 Å². The zero-order valence-electron chi connectivity index (χ0n) is 9.09. The predicted molar refractivity (Wildman–Crippen MR) is 61.4 cm³/mol. The first-order valence-electron chi connectivity index (χ1n) is 4.61. The van der Waals surface area contributed by atoms with Crippen LogP contribution in [0.25, 0.3) is 0 Å². The topological polar surface area (TPSA) is 23.1 Å². The first-order valence-corrected chi connectivity index (χ1v) is 6.34. The molecule has 76 valence electrons. The molecule has 0 saturated carbocycles. The molecule has 0 saturated heterocycles. The van der Waals surface area contributed by atoms with Crippen molar-refractivity contribution in [2.24, 2.45) is 0 Å². The van der Waals surface area contributed by atoms with Gasteiger partial charge in [-0.25, -0.2) is 0 Å². The first-order chi connectivity index (χ1) is 6.02. The molecule has 0 amide bonds. The summed E-state index contributed by atoms with van der Waals surface area (Å²) < 4.78 is 10.8. The van der Waals surface area contributed by atoms with Crippen molar-refractivity contribution < 1.29 is 4.55 Å². The lowest BCUT2D eigenvalue weighted by Crippen LogP contribution is -2.00. The maximum Gasteiger partial charge on any atom is 0.123 e. The smallest absolute Gasteiger partial charge is 0.123 e. The molecule has 0 heterocycles. The molecule has 0 aliphatic rings. The van der Waals surface area contributed by atoms with E-state index in [0.717, 1.165) is 12.8 Å². The Labute approximate surface area is 85.1 Å². The van der Waals surface area contributed by atoms with E-state index in [1.54, 1.807) is 6.26 Å². The van der Waals surface area contributed by atoms with Gasteiger partial charge < -0.3 is 4.55 Å². The first kappa shape index (κ1) is 12.8. The summed E-state index contributed by atoms with van der Waals surface area (Å²) in [6.45, 7) is 6.33. The predicted octanol–water partition coefficient (Wildman–Crippen LogP) is 3.06. The highest BCUT2D eigenvalue weighted by molar-refractivity contribution is 7.90. The quantitative estimate of drug-likeness (QED) is 0.494. The summed E-state index contributed by atoms with van der Waals surface area (Å²) in [5.74, 6) is 0.695. The molecule has 0 aromatic carbocycles. The molecule has 0 aromatic rings. The molecule has 0 rings (SSSR count). The van der Waals surface area contributed by atoms with Gasteiger partial charge in [-0.3, -0.25) is 0 Å². The summed E-state index contributed by atoms with van der Waals surface area (Å²) in [6.07, 6.45) is 8.23. The normalized spacial score (nSPS) is 14.1. The molecule has 13 heavy (non-hydrogen) atoms. The van der Waals surface area contributed by atoms with E-state index >= 15 is 0 Å². The highest BCUT2D eigenvalue weighted by Gasteiger charge is 1.93. The highest BCUT2D eigenvalue weighted by Crippen LogP contribution is 2.06. The molecular weight excluding hydrogens is 180 g/mol. The Morgan fingerprint density at radius 3 is 2.31 bits per heavy atom. The summed E-state index contributed by atoms with van der Waals surface area (Å²) in [7, 11) is 0. The van der Waals surface area contributed by atoms with Crippen molar-refractivity contribution in [2.75, 3.05) is 12.0 Å². The molecule has 0 aliphatic heterocycles. The lowest BCUT2D eigenvalue weighted by Gasteiger charge is -2.02. The van der Waals surface area contributed by atoms with Gasteiger partial charge in [-0.1, -0.05) is 28.4 Å². The van der Waals surface area contributed by atoms with Crippen LogP contribution in [0.4, 0.5) is 0 Å². The maximum atomic E-state index is 10.8. The zero-order chi connectivity index (χ0) is 10.3. The molecule has 0 fully saturated rings. The van der Waals surface area contributed by atoms with Crippen LogP contribution in [-0.2, 0) is 11.2 Å². The minimum absolute atomic E-state index is 0.692. The van der Waals surface area contributed by atoms with Crippen molar-refractivity contribution in [2.45, 2.75) is 33.6 Å². The van der Waals surface area contributed by atoms with Crippen molar-refractivity contribution in [3.8, 4) is 0 Å². The van der Waals surface area contributed by atoms with Crippen LogP contribution < -0.4 is 0 Å². The zero-order valence-corrected chi connectivity index (χ0v) is 9.91. The lowest BCUT2D eigenvalue weighted by molar-refractivity contribution is 0.603. The number of allylic oxidation sites excluding steroid dienone is 3. The van der Waals surface area contributed by atoms with Crippen LogP contribution in [0.3, 0.4) is 0 Å². The van der Waals surface area contributed by atoms with Crippen LogP contribution in [0.2, 0.25) is 0 Å². The van der Waals surface area contributed by atoms with E-state index in [4.69, 9.17) is 0 Å². The molecular formula is C11H20OS. The van der Waals surface area contributed by atoms with Gasteiger partial charge in [0.2, 0.25) is 0 Å². The van der Waals surface area contributed by atoms with Gasteiger partial charge in [-0.05, 0) is 39.7 Å². The molecule has 1 nitrogen and oxygen atoms in total. The fourth-order valence-corrected chi connectivity index (χ4v) is 1.47. The van der Waals surface area contributed by atoms with E-state index in [-0.39, 0.29) is 0 Å². The Morgan fingerprint density at radius 1 is 1.23 bits per heavy atom. The van der Waals surface area contributed by atoms with Crippen molar-refractivity contribution in [1.29, 1.82) is 0 Å². The molecule has 0 spiro atoms. The van der Waals surface area contributed by atoms with Gasteiger partial charge in [0.1, 0.15) is 5.75 Å². The van der Waals surface area contributed by atoms with Crippen molar-refractivity contribution in [3.63, 3.8) is 0 Å². The van der Waals surface area contributed by atoms with E-state index in [1.807, 2.05) is 0 Å². The van der Waals surface area contributed by atoms with E-state index in [1.165, 1.54) is 11.1 Å². The lowest BCUT2D eigenvalue weighted by atomic mass is 10.1. The standard InChI is InChI=1S/C11H20OS/c1-10(2)6-5-7-11(3)8-9-13(4)12/h6,8H,5,7,9H2,1-4H3. The van der Waals surface area contributed by atoms with Gasteiger partial charge in [0.05, 0.1) is 6.26 Å². The van der Waals surface area contributed by atoms with Crippen LogP contribution in [0.5, 0.6) is 0 Å². The number of rotatable bonds is 5. The monoisotopic (exact) mass is 200 g/mol. The molecule has 0 aliphatic carbocycles. The second kappa shape index (κ2) is 7.22. The van der Waals surface area contributed by atoms with E-state index in [0.29, 0.717) is 5.75 Å². The summed E-state index contributed by atoms with van der Waals surface area (Å²) in [5, 5.41) is 0. The molecule has 2 heteroatoms. The minimum atomic E-state index is -0.692. The highest BCUT2D eigenvalue weighted by atomic mass is 32.2. The van der Waals surface area contributed by atoms with Gasteiger partial charge in [0.15, 0.2) is 0 Å². The SMILES string of the molecule is CC(C)=CCCC(C)=CC[S+](C)[O-]. The van der Waals surface area contributed by atoms with Gasteiger partial charge in [0, 0.05) is 0 Å².